The number of aromatic nitrogens is 2. The number of carbonyl (C=O) groups is 1. The molecule has 0 unspecified atom stereocenters. The molecule has 41 heavy (non-hydrogen) atoms. The van der Waals surface area contributed by atoms with Crippen molar-refractivity contribution in [2.45, 2.75) is 64.8 Å². The number of carbonyl (C=O) groups excluding carboxylic acids is 1. The van der Waals surface area contributed by atoms with Crippen LogP contribution in [-0.4, -0.2) is 53.0 Å². The Morgan fingerprint density at radius 3 is 2.29 bits per heavy atom. The number of nitrogens with zero attached hydrogens (tertiary/aromatic N) is 4. The minimum atomic E-state index is -5.06. The largest absolute Gasteiger partial charge is 0.435 e. The van der Waals surface area contributed by atoms with Gasteiger partial charge in [0.25, 0.3) is 5.91 Å². The Labute approximate surface area is 237 Å². The standard InChI is InChI=1S/C12H14ClNO2.C12H14F5N3O4S/c1-12(2)8-16-14(11(12)15)7-9-5-3-4-6-10(9)13;1-11(2)4-7(19-24-11)25(21,22)5-6-8(12(15,16)17)18-20(3)9(6)23-10(13)14/h3-6H,7-8H2,1-2H3;10H,4-5H2,1-3H3. The molecule has 2 aliphatic heterocycles. The first-order valence-electron chi connectivity index (χ1n) is 12.0. The molecule has 1 saturated heterocycles. The van der Waals surface area contributed by atoms with Crippen molar-refractivity contribution in [3.05, 3.63) is 46.1 Å². The summed E-state index contributed by atoms with van der Waals surface area (Å²) in [4.78, 5) is 22.2. The Kier molecular flexibility index (Phi) is 9.30. The van der Waals surface area contributed by atoms with E-state index >= 15 is 0 Å². The number of rotatable bonds is 6. The summed E-state index contributed by atoms with van der Waals surface area (Å²) in [6, 6.07) is 7.46. The molecule has 0 atom stereocenters. The molecule has 1 amide bonds. The average molecular weight is 631 g/mol. The predicted molar refractivity (Wildman–Crippen MR) is 136 cm³/mol. The highest BCUT2D eigenvalue weighted by Gasteiger charge is 2.44. The van der Waals surface area contributed by atoms with Crippen molar-refractivity contribution in [3.8, 4) is 5.88 Å². The number of alkyl halides is 5. The monoisotopic (exact) mass is 630 g/mol. The summed E-state index contributed by atoms with van der Waals surface area (Å²) in [5.74, 6) is -2.23. The van der Waals surface area contributed by atoms with Crippen molar-refractivity contribution in [3.63, 3.8) is 0 Å². The quantitative estimate of drug-likeness (QED) is 0.408. The van der Waals surface area contributed by atoms with Gasteiger partial charge in [-0.3, -0.25) is 9.63 Å². The van der Waals surface area contributed by atoms with Crippen LogP contribution in [0.15, 0.2) is 29.4 Å². The van der Waals surface area contributed by atoms with Crippen LogP contribution in [0.4, 0.5) is 22.0 Å². The zero-order valence-electron chi connectivity index (χ0n) is 22.6. The zero-order chi connectivity index (χ0) is 31.0. The second-order valence-corrected chi connectivity index (χ2v) is 12.9. The van der Waals surface area contributed by atoms with Crippen LogP contribution in [0.5, 0.6) is 5.88 Å². The van der Waals surface area contributed by atoms with Gasteiger partial charge >= 0.3 is 12.8 Å². The lowest BCUT2D eigenvalue weighted by atomic mass is 9.95. The molecule has 17 heteroatoms. The summed E-state index contributed by atoms with van der Waals surface area (Å²) in [6.07, 6.45) is -5.22. The van der Waals surface area contributed by atoms with Gasteiger partial charge in [-0.05, 0) is 39.3 Å². The van der Waals surface area contributed by atoms with Crippen molar-refractivity contribution in [2.24, 2.45) is 17.6 Å². The van der Waals surface area contributed by atoms with E-state index in [0.717, 1.165) is 12.6 Å². The number of sulfone groups is 1. The van der Waals surface area contributed by atoms with E-state index in [1.54, 1.807) is 0 Å². The highest BCUT2D eigenvalue weighted by molar-refractivity contribution is 8.05. The molecule has 0 aliphatic carbocycles. The number of amides is 1. The van der Waals surface area contributed by atoms with E-state index in [0.29, 0.717) is 22.9 Å². The van der Waals surface area contributed by atoms with Crippen molar-refractivity contribution >= 4 is 32.4 Å². The lowest BCUT2D eigenvalue weighted by Gasteiger charge is -2.16. The van der Waals surface area contributed by atoms with Crippen molar-refractivity contribution < 1.29 is 49.6 Å². The maximum atomic E-state index is 13.1. The van der Waals surface area contributed by atoms with Gasteiger partial charge in [-0.25, -0.2) is 18.2 Å². The van der Waals surface area contributed by atoms with Crippen LogP contribution in [0.3, 0.4) is 0 Å². The first kappa shape index (κ1) is 32.5. The molecule has 2 aromatic rings. The molecular formula is C24H28ClF5N4O6S. The number of aryl methyl sites for hydroxylation is 1. The van der Waals surface area contributed by atoms with Gasteiger partial charge in [-0.1, -0.05) is 35.0 Å². The van der Waals surface area contributed by atoms with E-state index in [4.69, 9.17) is 21.3 Å². The average Bonchev–Trinajstić information content (AvgIpc) is 3.45. The Hall–Kier alpha value is -2.98. The van der Waals surface area contributed by atoms with Gasteiger partial charge in [-0.15, -0.1) is 0 Å². The predicted octanol–water partition coefficient (Wildman–Crippen LogP) is 5.11. The molecule has 1 fully saturated rings. The van der Waals surface area contributed by atoms with Crippen LogP contribution in [-0.2, 0) is 49.8 Å². The summed E-state index contributed by atoms with van der Waals surface area (Å²) in [6.45, 7) is 4.21. The second-order valence-electron chi connectivity index (χ2n) is 10.5. The molecular weight excluding hydrogens is 603 g/mol. The topological polar surface area (TPSA) is 112 Å². The van der Waals surface area contributed by atoms with Crippen LogP contribution in [0.25, 0.3) is 0 Å². The number of benzene rings is 1. The van der Waals surface area contributed by atoms with Crippen LogP contribution in [0, 0.1) is 5.41 Å². The number of oxime groups is 1. The summed E-state index contributed by atoms with van der Waals surface area (Å²) >= 11 is 6.03. The molecule has 0 spiro atoms. The van der Waals surface area contributed by atoms with Crippen molar-refractivity contribution in [1.29, 1.82) is 0 Å². The minimum Gasteiger partial charge on any atom is -0.417 e. The first-order chi connectivity index (χ1) is 18.7. The molecule has 0 N–H and O–H groups in total. The SMILES string of the molecule is CC1(C)CON(Cc2ccccc2Cl)C1=O.Cn1nc(C(F)(F)F)c(CS(=O)(=O)C2=NOC(C)(C)C2)c1OC(F)F. The third-order valence-corrected chi connectivity index (χ3v) is 7.85. The number of hydrogen-bond acceptors (Lipinski definition) is 8. The molecule has 0 radical (unpaired) electrons. The molecule has 10 nitrogen and oxygen atoms in total. The summed E-state index contributed by atoms with van der Waals surface area (Å²) in [5, 5.41) is 8.02. The molecule has 1 aromatic carbocycles. The Balaban J connectivity index is 0.000000248. The fraction of sp³-hybridized carbons (Fsp3) is 0.542. The maximum absolute atomic E-state index is 13.1. The van der Waals surface area contributed by atoms with Gasteiger partial charge in [0.2, 0.25) is 5.88 Å². The van der Waals surface area contributed by atoms with Crippen LogP contribution in [0.2, 0.25) is 5.02 Å². The Morgan fingerprint density at radius 2 is 1.80 bits per heavy atom. The fourth-order valence-electron chi connectivity index (χ4n) is 3.78. The normalized spacial score (nSPS) is 18.2. The molecule has 1 aromatic heterocycles. The molecule has 228 valence electrons. The summed E-state index contributed by atoms with van der Waals surface area (Å²) in [5.41, 5.74) is -3.10. The van der Waals surface area contributed by atoms with E-state index in [1.165, 1.54) is 18.9 Å². The maximum Gasteiger partial charge on any atom is 0.435 e. The molecule has 2 aliphatic rings. The lowest BCUT2D eigenvalue weighted by molar-refractivity contribution is -0.165. The van der Waals surface area contributed by atoms with E-state index in [9.17, 15) is 35.2 Å². The molecule has 0 saturated carbocycles. The summed E-state index contributed by atoms with van der Waals surface area (Å²) in [7, 11) is -3.43. The lowest BCUT2D eigenvalue weighted by Crippen LogP contribution is -2.30. The first-order valence-corrected chi connectivity index (χ1v) is 14.0. The van der Waals surface area contributed by atoms with E-state index < -0.39 is 61.6 Å². The van der Waals surface area contributed by atoms with Crippen LogP contribution < -0.4 is 4.74 Å². The van der Waals surface area contributed by atoms with Gasteiger partial charge in [0.1, 0.15) is 5.60 Å². The van der Waals surface area contributed by atoms with Gasteiger partial charge in [0.05, 0.1) is 29.9 Å². The van der Waals surface area contributed by atoms with E-state index in [2.05, 4.69) is 15.0 Å². The minimum absolute atomic E-state index is 0.00687. The molecule has 4 rings (SSSR count). The van der Waals surface area contributed by atoms with Crippen molar-refractivity contribution in [1.82, 2.24) is 14.8 Å². The van der Waals surface area contributed by atoms with Gasteiger partial charge < -0.3 is 9.57 Å². The smallest absolute Gasteiger partial charge is 0.417 e. The van der Waals surface area contributed by atoms with E-state index in [1.807, 2.05) is 38.1 Å². The third kappa shape index (κ3) is 7.86. The summed E-state index contributed by atoms with van der Waals surface area (Å²) < 4.78 is 93.4. The number of halogens is 6. The third-order valence-electron chi connectivity index (χ3n) is 5.88. The second kappa shape index (κ2) is 11.7. The number of hydroxylamine groups is 2. The van der Waals surface area contributed by atoms with Crippen molar-refractivity contribution in [2.75, 3.05) is 6.61 Å². The Morgan fingerprint density at radius 1 is 1.17 bits per heavy atom. The van der Waals surface area contributed by atoms with Crippen LogP contribution >= 0.6 is 11.6 Å². The van der Waals surface area contributed by atoms with Gasteiger partial charge in [0.15, 0.2) is 20.6 Å². The number of hydrogen-bond donors (Lipinski definition) is 0. The highest BCUT2D eigenvalue weighted by atomic mass is 35.5. The molecule has 0 bridgehead atoms. The van der Waals surface area contributed by atoms with E-state index in [-0.39, 0.29) is 12.3 Å². The Bertz CT molecular complexity index is 1430. The number of ether oxygens (including phenoxy) is 1. The fourth-order valence-corrected chi connectivity index (χ4v) is 5.50. The zero-order valence-corrected chi connectivity index (χ0v) is 24.2. The van der Waals surface area contributed by atoms with Gasteiger partial charge in [-0.2, -0.15) is 27.1 Å². The molecule has 3 heterocycles. The van der Waals surface area contributed by atoms with Gasteiger partial charge in [0, 0.05) is 18.5 Å². The van der Waals surface area contributed by atoms with Crippen LogP contribution in [0.1, 0.15) is 50.9 Å². The highest BCUT2D eigenvalue weighted by Crippen LogP contribution is 2.38.